The van der Waals surface area contributed by atoms with Crippen LogP contribution in [-0.4, -0.2) is 36.3 Å². The monoisotopic (exact) mass is 285 g/mol. The van der Waals surface area contributed by atoms with Gasteiger partial charge in [0.1, 0.15) is 4.88 Å². The molecule has 1 rings (SSSR count). The van der Waals surface area contributed by atoms with Crippen LogP contribution in [0, 0.1) is 0 Å². The third kappa shape index (κ3) is 4.32. The predicted octanol–water partition coefficient (Wildman–Crippen LogP) is 0.810. The number of nitrogens with zero attached hydrogens (tertiary/aromatic N) is 1. The fraction of sp³-hybridized carbons (Fsp3) is 0.455. The lowest BCUT2D eigenvalue weighted by molar-refractivity contribution is -0.118. The number of amides is 1. The van der Waals surface area contributed by atoms with E-state index in [0.717, 1.165) is 11.3 Å². The van der Waals surface area contributed by atoms with Crippen molar-refractivity contribution >= 4 is 34.1 Å². The predicted molar refractivity (Wildman–Crippen MR) is 70.4 cm³/mol. The molecule has 0 bridgehead atoms. The Morgan fingerprint density at radius 1 is 1.42 bits per heavy atom. The number of methoxy groups -OCH3 is 1. The molecule has 19 heavy (non-hydrogen) atoms. The molecule has 1 amide bonds. The van der Waals surface area contributed by atoms with Gasteiger partial charge in [0.25, 0.3) is 0 Å². The molecule has 1 aromatic heterocycles. The van der Waals surface area contributed by atoms with Crippen molar-refractivity contribution in [2.24, 2.45) is 5.73 Å². The molecule has 104 valence electrons. The molecule has 0 aliphatic heterocycles. The standard InChI is InChI=1S/C11H15N3O4S/c1-6(15)9-8(10(17)18-2)14-11(19-9)13-5-3-4-7(12)16/h3-5H2,1-2H3,(H2,12,16)(H,13,14). The van der Waals surface area contributed by atoms with Crippen LogP contribution in [0.25, 0.3) is 0 Å². The van der Waals surface area contributed by atoms with E-state index in [4.69, 9.17) is 5.73 Å². The van der Waals surface area contributed by atoms with Crippen LogP contribution in [0.4, 0.5) is 5.13 Å². The van der Waals surface area contributed by atoms with E-state index in [9.17, 15) is 14.4 Å². The Kier molecular flexibility index (Phi) is 5.43. The molecule has 0 radical (unpaired) electrons. The number of nitrogens with two attached hydrogens (primary N) is 1. The first kappa shape index (κ1) is 15.1. The van der Waals surface area contributed by atoms with Gasteiger partial charge in [-0.25, -0.2) is 9.78 Å². The number of aromatic nitrogens is 1. The fourth-order valence-electron chi connectivity index (χ4n) is 1.33. The van der Waals surface area contributed by atoms with E-state index in [1.165, 1.54) is 14.0 Å². The van der Waals surface area contributed by atoms with Gasteiger partial charge in [-0.1, -0.05) is 11.3 Å². The molecule has 7 nitrogen and oxygen atoms in total. The molecule has 0 saturated heterocycles. The number of anilines is 1. The number of esters is 1. The highest BCUT2D eigenvalue weighted by molar-refractivity contribution is 7.17. The molecule has 0 aliphatic carbocycles. The zero-order valence-electron chi connectivity index (χ0n) is 10.7. The summed E-state index contributed by atoms with van der Waals surface area (Å²) in [5.74, 6) is -1.27. The second-order valence-electron chi connectivity index (χ2n) is 3.74. The quantitative estimate of drug-likeness (QED) is 0.435. The first-order valence-corrected chi connectivity index (χ1v) is 6.39. The van der Waals surface area contributed by atoms with E-state index < -0.39 is 5.97 Å². The summed E-state index contributed by atoms with van der Waals surface area (Å²) in [6.07, 6.45) is 0.819. The highest BCUT2D eigenvalue weighted by Crippen LogP contribution is 2.24. The molecule has 8 heteroatoms. The Labute approximate surface area is 114 Å². The minimum Gasteiger partial charge on any atom is -0.464 e. The molecular formula is C11H15N3O4S. The summed E-state index contributed by atoms with van der Waals surface area (Å²) in [5.41, 5.74) is 5.02. The van der Waals surface area contributed by atoms with Gasteiger partial charge in [0.15, 0.2) is 16.6 Å². The second-order valence-corrected chi connectivity index (χ2v) is 4.74. The van der Waals surface area contributed by atoms with Gasteiger partial charge in [-0.3, -0.25) is 9.59 Å². The highest BCUT2D eigenvalue weighted by Gasteiger charge is 2.21. The Morgan fingerprint density at radius 3 is 2.63 bits per heavy atom. The molecular weight excluding hydrogens is 270 g/mol. The molecule has 0 spiro atoms. The first-order chi connectivity index (χ1) is 8.95. The highest BCUT2D eigenvalue weighted by atomic mass is 32.1. The van der Waals surface area contributed by atoms with Gasteiger partial charge in [0.05, 0.1) is 7.11 Å². The molecule has 0 aromatic carbocycles. The Hall–Kier alpha value is -1.96. The van der Waals surface area contributed by atoms with Gasteiger partial charge in [-0.05, 0) is 6.42 Å². The molecule has 0 atom stereocenters. The number of carbonyl (C=O) groups is 3. The Bertz CT molecular complexity index is 498. The van der Waals surface area contributed by atoms with Crippen LogP contribution in [0.3, 0.4) is 0 Å². The van der Waals surface area contributed by atoms with Gasteiger partial charge in [-0.2, -0.15) is 0 Å². The number of ether oxygens (including phenoxy) is 1. The van der Waals surface area contributed by atoms with Crippen molar-refractivity contribution in [2.75, 3.05) is 19.0 Å². The number of primary amides is 1. The van der Waals surface area contributed by atoms with E-state index in [0.29, 0.717) is 18.1 Å². The number of ketones is 1. The average Bonchev–Trinajstić information content (AvgIpc) is 2.77. The van der Waals surface area contributed by atoms with Crippen LogP contribution in [0.1, 0.15) is 39.9 Å². The summed E-state index contributed by atoms with van der Waals surface area (Å²) in [4.78, 5) is 37.7. The van der Waals surface area contributed by atoms with Gasteiger partial charge < -0.3 is 15.8 Å². The normalized spacial score (nSPS) is 10.0. The van der Waals surface area contributed by atoms with Gasteiger partial charge in [0, 0.05) is 19.9 Å². The maximum absolute atomic E-state index is 11.5. The van der Waals surface area contributed by atoms with Crippen LogP contribution < -0.4 is 11.1 Å². The van der Waals surface area contributed by atoms with Gasteiger partial charge in [0.2, 0.25) is 5.91 Å². The Morgan fingerprint density at radius 2 is 2.11 bits per heavy atom. The Balaban J connectivity index is 2.72. The summed E-state index contributed by atoms with van der Waals surface area (Å²) in [6, 6.07) is 0. The van der Waals surface area contributed by atoms with E-state index in [-0.39, 0.29) is 28.7 Å². The average molecular weight is 285 g/mol. The van der Waals surface area contributed by atoms with Crippen LogP contribution in [0.5, 0.6) is 0 Å². The third-order valence-electron chi connectivity index (χ3n) is 2.20. The summed E-state index contributed by atoms with van der Waals surface area (Å²) >= 11 is 1.08. The second kappa shape index (κ2) is 6.83. The van der Waals surface area contributed by atoms with Crippen LogP contribution in [0.2, 0.25) is 0 Å². The smallest absolute Gasteiger partial charge is 0.358 e. The van der Waals surface area contributed by atoms with E-state index in [1.807, 2.05) is 0 Å². The minimum atomic E-state index is -0.647. The van der Waals surface area contributed by atoms with Gasteiger partial charge >= 0.3 is 5.97 Å². The van der Waals surface area contributed by atoms with Crippen molar-refractivity contribution in [3.8, 4) is 0 Å². The van der Waals surface area contributed by atoms with Crippen LogP contribution in [-0.2, 0) is 9.53 Å². The van der Waals surface area contributed by atoms with Crippen molar-refractivity contribution in [1.29, 1.82) is 0 Å². The molecule has 1 heterocycles. The van der Waals surface area contributed by atoms with E-state index >= 15 is 0 Å². The first-order valence-electron chi connectivity index (χ1n) is 5.58. The lowest BCUT2D eigenvalue weighted by atomic mass is 10.3. The summed E-state index contributed by atoms with van der Waals surface area (Å²) in [7, 11) is 1.23. The third-order valence-corrected chi connectivity index (χ3v) is 3.32. The topological polar surface area (TPSA) is 111 Å². The molecule has 3 N–H and O–H groups in total. The molecule has 1 aromatic rings. The number of nitrogens with one attached hydrogen (secondary N) is 1. The van der Waals surface area contributed by atoms with Crippen molar-refractivity contribution in [3.63, 3.8) is 0 Å². The molecule has 0 fully saturated rings. The number of hydrogen-bond donors (Lipinski definition) is 2. The zero-order valence-corrected chi connectivity index (χ0v) is 11.5. The van der Waals surface area contributed by atoms with Crippen molar-refractivity contribution in [2.45, 2.75) is 19.8 Å². The fourth-order valence-corrected chi connectivity index (χ4v) is 2.20. The van der Waals surface area contributed by atoms with Crippen LogP contribution >= 0.6 is 11.3 Å². The number of rotatable bonds is 7. The molecule has 0 unspecified atom stereocenters. The number of hydrogen-bond acceptors (Lipinski definition) is 7. The SMILES string of the molecule is COC(=O)c1nc(NCCCC(N)=O)sc1C(C)=O. The van der Waals surface area contributed by atoms with E-state index in [2.05, 4.69) is 15.0 Å². The number of thiazole rings is 1. The van der Waals surface area contributed by atoms with Crippen molar-refractivity contribution in [1.82, 2.24) is 4.98 Å². The maximum atomic E-state index is 11.5. The maximum Gasteiger partial charge on any atom is 0.358 e. The summed E-state index contributed by atoms with van der Waals surface area (Å²) < 4.78 is 4.56. The van der Waals surface area contributed by atoms with Crippen molar-refractivity contribution in [3.05, 3.63) is 10.6 Å². The lowest BCUT2D eigenvalue weighted by Gasteiger charge is -1.99. The summed E-state index contributed by atoms with van der Waals surface area (Å²) in [6.45, 7) is 1.84. The molecule has 0 aliphatic rings. The lowest BCUT2D eigenvalue weighted by Crippen LogP contribution is -2.12. The van der Waals surface area contributed by atoms with Gasteiger partial charge in [-0.15, -0.1) is 0 Å². The van der Waals surface area contributed by atoms with Crippen molar-refractivity contribution < 1.29 is 19.1 Å². The minimum absolute atomic E-state index is 0.0115. The number of Topliss-reactive ketones (excluding diaryl/α,β-unsaturated/α-hetero) is 1. The zero-order chi connectivity index (χ0) is 14.4. The molecule has 0 saturated carbocycles. The largest absolute Gasteiger partial charge is 0.464 e. The van der Waals surface area contributed by atoms with E-state index in [1.54, 1.807) is 0 Å². The summed E-state index contributed by atoms with van der Waals surface area (Å²) in [5, 5.41) is 3.37. The van der Waals surface area contributed by atoms with Crippen LogP contribution in [0.15, 0.2) is 0 Å². The number of carbonyl (C=O) groups excluding carboxylic acids is 3.